The molecule has 0 unspecified atom stereocenters. The van der Waals surface area contributed by atoms with Crippen molar-refractivity contribution in [2.75, 3.05) is 18.0 Å². The van der Waals surface area contributed by atoms with Crippen molar-refractivity contribution in [1.29, 1.82) is 0 Å². The minimum absolute atomic E-state index is 0.135. The molecular weight excluding hydrogens is 400 g/mol. The third-order valence-electron chi connectivity index (χ3n) is 4.96. The highest BCUT2D eigenvalue weighted by molar-refractivity contribution is 6.30. The van der Waals surface area contributed by atoms with Crippen molar-refractivity contribution in [3.05, 3.63) is 95.0 Å². The summed E-state index contributed by atoms with van der Waals surface area (Å²) in [5, 5.41) is 3.48. The van der Waals surface area contributed by atoms with Gasteiger partial charge in [-0.3, -0.25) is 9.59 Å². The maximum absolute atomic E-state index is 13.1. The lowest BCUT2D eigenvalue weighted by Gasteiger charge is -2.34. The first-order chi connectivity index (χ1) is 14.6. The number of carbonyl (C=O) groups excluding carboxylic acids is 2. The zero-order valence-corrected chi connectivity index (χ0v) is 17.0. The highest BCUT2D eigenvalue weighted by atomic mass is 35.5. The molecule has 0 saturated carbocycles. The van der Waals surface area contributed by atoms with Crippen LogP contribution in [0.4, 0.5) is 5.69 Å². The molecule has 1 aliphatic heterocycles. The van der Waals surface area contributed by atoms with Gasteiger partial charge in [-0.2, -0.15) is 0 Å². The van der Waals surface area contributed by atoms with Crippen molar-refractivity contribution >= 4 is 29.1 Å². The summed E-state index contributed by atoms with van der Waals surface area (Å²) in [5.74, 6) is 0.0631. The van der Waals surface area contributed by atoms with E-state index in [1.807, 2.05) is 48.5 Å². The van der Waals surface area contributed by atoms with Crippen molar-refractivity contribution in [2.24, 2.45) is 0 Å². The molecule has 0 spiro atoms. The van der Waals surface area contributed by atoms with Gasteiger partial charge in [-0.15, -0.1) is 0 Å². The zero-order chi connectivity index (χ0) is 20.9. The molecule has 0 fully saturated rings. The summed E-state index contributed by atoms with van der Waals surface area (Å²) < 4.78 is 5.90. The topological polar surface area (TPSA) is 58.6 Å². The van der Waals surface area contributed by atoms with E-state index >= 15 is 0 Å². The molecule has 1 N–H and O–H groups in total. The number of para-hydroxylation sites is 2. The van der Waals surface area contributed by atoms with E-state index in [0.717, 1.165) is 12.0 Å². The third kappa shape index (κ3) is 4.47. The SMILES string of the molecule is O=C(NCCc1ccccc1)[C@H]1CN(C(=O)c2ccc(Cl)cc2)c2ccccc2O1. The Balaban J connectivity index is 1.48. The van der Waals surface area contributed by atoms with Crippen molar-refractivity contribution in [3.63, 3.8) is 0 Å². The van der Waals surface area contributed by atoms with Crippen LogP contribution < -0.4 is 15.0 Å². The molecule has 30 heavy (non-hydrogen) atoms. The summed E-state index contributed by atoms with van der Waals surface area (Å²) in [6, 6.07) is 23.9. The van der Waals surface area contributed by atoms with E-state index in [1.54, 1.807) is 35.2 Å². The summed E-state index contributed by atoms with van der Waals surface area (Å²) >= 11 is 5.94. The average Bonchev–Trinajstić information content (AvgIpc) is 2.79. The lowest BCUT2D eigenvalue weighted by molar-refractivity contribution is -0.127. The standard InChI is InChI=1S/C24H21ClN2O3/c25-19-12-10-18(11-13-19)24(29)27-16-22(30-21-9-5-4-8-20(21)27)23(28)26-15-14-17-6-2-1-3-7-17/h1-13,22H,14-16H2,(H,26,28)/t22-/m1/s1. The molecule has 152 valence electrons. The average molecular weight is 421 g/mol. The van der Waals surface area contributed by atoms with Crippen LogP contribution >= 0.6 is 11.6 Å². The summed E-state index contributed by atoms with van der Waals surface area (Å²) in [6.45, 7) is 0.630. The lowest BCUT2D eigenvalue weighted by Crippen LogP contribution is -2.51. The Morgan fingerprint density at radius 1 is 0.967 bits per heavy atom. The van der Waals surface area contributed by atoms with Crippen LogP contribution in [0.3, 0.4) is 0 Å². The molecule has 0 aromatic heterocycles. The smallest absolute Gasteiger partial charge is 0.262 e. The number of amides is 2. The molecule has 0 radical (unpaired) electrons. The maximum Gasteiger partial charge on any atom is 0.262 e. The van der Waals surface area contributed by atoms with Gasteiger partial charge >= 0.3 is 0 Å². The molecule has 0 saturated heterocycles. The van der Waals surface area contributed by atoms with E-state index in [4.69, 9.17) is 16.3 Å². The van der Waals surface area contributed by atoms with Gasteiger partial charge in [0, 0.05) is 17.1 Å². The number of ether oxygens (including phenoxy) is 1. The van der Waals surface area contributed by atoms with Gasteiger partial charge in [-0.05, 0) is 48.4 Å². The Morgan fingerprint density at radius 3 is 2.43 bits per heavy atom. The normalized spacial score (nSPS) is 15.1. The Hall–Kier alpha value is -3.31. The Morgan fingerprint density at radius 2 is 1.67 bits per heavy atom. The third-order valence-corrected chi connectivity index (χ3v) is 5.21. The van der Waals surface area contributed by atoms with Crippen LogP contribution in [0.5, 0.6) is 5.75 Å². The molecule has 0 bridgehead atoms. The van der Waals surface area contributed by atoms with Crippen LogP contribution in [0.25, 0.3) is 0 Å². The Labute approximate surface area is 180 Å². The predicted molar refractivity (Wildman–Crippen MR) is 117 cm³/mol. The second-order valence-corrected chi connectivity index (χ2v) is 7.46. The Kier molecular flexibility index (Phi) is 6.00. The van der Waals surface area contributed by atoms with Gasteiger partial charge in [-0.25, -0.2) is 0 Å². The van der Waals surface area contributed by atoms with Crippen LogP contribution in [0.2, 0.25) is 5.02 Å². The number of nitrogens with zero attached hydrogens (tertiary/aromatic N) is 1. The first-order valence-electron chi connectivity index (χ1n) is 9.76. The van der Waals surface area contributed by atoms with Crippen LogP contribution in [-0.2, 0) is 11.2 Å². The first kappa shape index (κ1) is 20.0. The number of anilines is 1. The number of benzene rings is 3. The van der Waals surface area contributed by atoms with Crippen molar-refractivity contribution < 1.29 is 14.3 Å². The van der Waals surface area contributed by atoms with Gasteiger partial charge in [0.2, 0.25) is 0 Å². The molecule has 3 aromatic rings. The van der Waals surface area contributed by atoms with Gasteiger partial charge in [0.1, 0.15) is 5.75 Å². The largest absolute Gasteiger partial charge is 0.477 e. The molecule has 2 amide bonds. The van der Waals surface area contributed by atoms with Gasteiger partial charge in [0.15, 0.2) is 6.10 Å². The van der Waals surface area contributed by atoms with Gasteiger partial charge in [0.25, 0.3) is 11.8 Å². The minimum atomic E-state index is -0.785. The van der Waals surface area contributed by atoms with E-state index in [2.05, 4.69) is 5.32 Å². The fourth-order valence-corrected chi connectivity index (χ4v) is 3.53. The van der Waals surface area contributed by atoms with Crippen LogP contribution in [0.1, 0.15) is 15.9 Å². The number of halogens is 1. The number of hydrogen-bond acceptors (Lipinski definition) is 3. The summed E-state index contributed by atoms with van der Waals surface area (Å²) in [6.07, 6.45) is -0.0598. The van der Waals surface area contributed by atoms with Crippen molar-refractivity contribution in [3.8, 4) is 5.75 Å². The van der Waals surface area contributed by atoms with Crippen molar-refractivity contribution in [1.82, 2.24) is 5.32 Å². The van der Waals surface area contributed by atoms with Gasteiger partial charge in [0.05, 0.1) is 12.2 Å². The maximum atomic E-state index is 13.1. The van der Waals surface area contributed by atoms with E-state index in [0.29, 0.717) is 28.6 Å². The highest BCUT2D eigenvalue weighted by Crippen LogP contribution is 2.34. The Bertz CT molecular complexity index is 1040. The monoisotopic (exact) mass is 420 g/mol. The number of carbonyl (C=O) groups is 2. The molecule has 6 heteroatoms. The van der Waals surface area contributed by atoms with E-state index in [1.165, 1.54) is 0 Å². The van der Waals surface area contributed by atoms with E-state index < -0.39 is 6.10 Å². The molecule has 1 heterocycles. The number of rotatable bonds is 5. The molecule has 0 aliphatic carbocycles. The molecule has 1 aliphatic rings. The second-order valence-electron chi connectivity index (χ2n) is 7.02. The van der Waals surface area contributed by atoms with Crippen LogP contribution in [-0.4, -0.2) is 31.0 Å². The van der Waals surface area contributed by atoms with Gasteiger partial charge in [-0.1, -0.05) is 54.1 Å². The number of nitrogens with one attached hydrogen (secondary N) is 1. The lowest BCUT2D eigenvalue weighted by atomic mass is 10.1. The zero-order valence-electron chi connectivity index (χ0n) is 16.3. The number of fused-ring (bicyclic) bond motifs is 1. The first-order valence-corrected chi connectivity index (χ1v) is 10.1. The molecule has 1 atom stereocenters. The molecular formula is C24H21ClN2O3. The van der Waals surface area contributed by atoms with Crippen LogP contribution in [0, 0.1) is 0 Å². The fraction of sp³-hybridized carbons (Fsp3) is 0.167. The van der Waals surface area contributed by atoms with Gasteiger partial charge < -0.3 is 15.0 Å². The summed E-state index contributed by atoms with van der Waals surface area (Å²) in [4.78, 5) is 27.5. The quantitative estimate of drug-likeness (QED) is 0.675. The van der Waals surface area contributed by atoms with Crippen LogP contribution in [0.15, 0.2) is 78.9 Å². The number of hydrogen-bond donors (Lipinski definition) is 1. The predicted octanol–water partition coefficient (Wildman–Crippen LogP) is 4.11. The fourth-order valence-electron chi connectivity index (χ4n) is 3.40. The minimum Gasteiger partial charge on any atom is -0.477 e. The molecule has 5 nitrogen and oxygen atoms in total. The second kappa shape index (κ2) is 9.01. The molecule has 4 rings (SSSR count). The highest BCUT2D eigenvalue weighted by Gasteiger charge is 2.34. The van der Waals surface area contributed by atoms with E-state index in [9.17, 15) is 9.59 Å². The molecule has 3 aromatic carbocycles. The van der Waals surface area contributed by atoms with E-state index in [-0.39, 0.29) is 18.4 Å². The summed E-state index contributed by atoms with van der Waals surface area (Å²) in [7, 11) is 0. The van der Waals surface area contributed by atoms with Crippen molar-refractivity contribution in [2.45, 2.75) is 12.5 Å². The summed E-state index contributed by atoms with van der Waals surface area (Å²) in [5.41, 5.74) is 2.29.